The van der Waals surface area contributed by atoms with Crippen LogP contribution in [-0.4, -0.2) is 12.1 Å². The number of hydrogen-bond acceptors (Lipinski definition) is 3. The fourth-order valence-electron chi connectivity index (χ4n) is 1.86. The lowest BCUT2D eigenvalue weighted by atomic mass is 10.1. The van der Waals surface area contributed by atoms with Gasteiger partial charge in [-0.25, -0.2) is 0 Å². The fraction of sp³-hybridized carbons (Fsp3) is 0.267. The number of ether oxygens (including phenoxy) is 1. The molecule has 0 radical (unpaired) electrons. The molecule has 0 fully saturated rings. The highest BCUT2D eigenvalue weighted by Gasteiger charge is 2.02. The molecule has 1 aromatic carbocycles. The Hall–Kier alpha value is -1.87. The molecule has 18 heavy (non-hydrogen) atoms. The zero-order valence-corrected chi connectivity index (χ0v) is 10.8. The Balaban J connectivity index is 1.95. The van der Waals surface area contributed by atoms with Gasteiger partial charge in [0.15, 0.2) is 0 Å². The molecule has 0 aliphatic heterocycles. The third kappa shape index (κ3) is 3.08. The van der Waals surface area contributed by atoms with Gasteiger partial charge in [-0.3, -0.25) is 4.98 Å². The second-order valence-corrected chi connectivity index (χ2v) is 4.22. The van der Waals surface area contributed by atoms with Crippen molar-refractivity contribution in [3.63, 3.8) is 0 Å². The standard InChI is InChI=1S/C15H18N2O/c1-12-7-8-16-10-14(12)11-17-9-13-5-3-4-6-15(13)18-2/h3-8,10,17H,9,11H2,1-2H3. The van der Waals surface area contributed by atoms with E-state index < -0.39 is 0 Å². The predicted octanol–water partition coefficient (Wildman–Crippen LogP) is 2.69. The first-order valence-electron chi connectivity index (χ1n) is 6.03. The summed E-state index contributed by atoms with van der Waals surface area (Å²) in [6, 6.07) is 10.1. The van der Waals surface area contributed by atoms with Crippen molar-refractivity contribution in [1.82, 2.24) is 10.3 Å². The van der Waals surface area contributed by atoms with E-state index in [1.165, 1.54) is 16.7 Å². The van der Waals surface area contributed by atoms with Gasteiger partial charge in [-0.05, 0) is 30.2 Å². The van der Waals surface area contributed by atoms with Crippen LogP contribution in [0.5, 0.6) is 5.75 Å². The molecule has 1 aromatic heterocycles. The van der Waals surface area contributed by atoms with Crippen LogP contribution in [0.25, 0.3) is 0 Å². The number of hydrogen-bond donors (Lipinski definition) is 1. The van der Waals surface area contributed by atoms with Gasteiger partial charge in [0, 0.05) is 31.0 Å². The summed E-state index contributed by atoms with van der Waals surface area (Å²) in [7, 11) is 1.70. The van der Waals surface area contributed by atoms with Crippen LogP contribution in [0.4, 0.5) is 0 Å². The van der Waals surface area contributed by atoms with E-state index in [9.17, 15) is 0 Å². The molecule has 0 aliphatic carbocycles. The fourth-order valence-corrected chi connectivity index (χ4v) is 1.86. The van der Waals surface area contributed by atoms with E-state index in [2.05, 4.69) is 23.3 Å². The Morgan fingerprint density at radius 3 is 2.67 bits per heavy atom. The average Bonchev–Trinajstić information content (AvgIpc) is 2.41. The highest BCUT2D eigenvalue weighted by molar-refractivity contribution is 5.33. The molecular formula is C15H18N2O. The van der Waals surface area contributed by atoms with E-state index in [-0.39, 0.29) is 0 Å². The molecule has 3 heteroatoms. The minimum Gasteiger partial charge on any atom is -0.496 e. The molecule has 3 nitrogen and oxygen atoms in total. The Morgan fingerprint density at radius 2 is 1.89 bits per heavy atom. The quantitative estimate of drug-likeness (QED) is 0.875. The molecule has 0 unspecified atom stereocenters. The van der Waals surface area contributed by atoms with E-state index in [1.807, 2.05) is 36.7 Å². The minimum absolute atomic E-state index is 0.790. The lowest BCUT2D eigenvalue weighted by Crippen LogP contribution is -2.14. The van der Waals surface area contributed by atoms with E-state index in [0.717, 1.165) is 18.8 Å². The number of nitrogens with zero attached hydrogens (tertiary/aromatic N) is 1. The van der Waals surface area contributed by atoms with Crippen molar-refractivity contribution in [3.8, 4) is 5.75 Å². The number of aryl methyl sites for hydroxylation is 1. The first-order valence-corrected chi connectivity index (χ1v) is 6.03. The second kappa shape index (κ2) is 6.17. The number of para-hydroxylation sites is 1. The zero-order valence-electron chi connectivity index (χ0n) is 10.8. The lowest BCUT2D eigenvalue weighted by molar-refractivity contribution is 0.407. The number of rotatable bonds is 5. The van der Waals surface area contributed by atoms with Gasteiger partial charge >= 0.3 is 0 Å². The van der Waals surface area contributed by atoms with Crippen LogP contribution in [-0.2, 0) is 13.1 Å². The first-order chi connectivity index (χ1) is 8.81. The summed E-state index contributed by atoms with van der Waals surface area (Å²) in [5.41, 5.74) is 3.66. The van der Waals surface area contributed by atoms with E-state index in [0.29, 0.717) is 0 Å². The molecule has 0 aliphatic rings. The number of pyridine rings is 1. The van der Waals surface area contributed by atoms with Gasteiger partial charge in [0.1, 0.15) is 5.75 Å². The van der Waals surface area contributed by atoms with E-state index in [1.54, 1.807) is 7.11 Å². The Morgan fingerprint density at radius 1 is 1.11 bits per heavy atom. The molecule has 0 bridgehead atoms. The molecule has 0 saturated heterocycles. The molecule has 2 rings (SSSR count). The highest BCUT2D eigenvalue weighted by Crippen LogP contribution is 2.16. The van der Waals surface area contributed by atoms with Crippen LogP contribution in [0.3, 0.4) is 0 Å². The average molecular weight is 242 g/mol. The highest BCUT2D eigenvalue weighted by atomic mass is 16.5. The van der Waals surface area contributed by atoms with Crippen molar-refractivity contribution in [2.24, 2.45) is 0 Å². The van der Waals surface area contributed by atoms with Crippen LogP contribution in [0.15, 0.2) is 42.7 Å². The van der Waals surface area contributed by atoms with Crippen LogP contribution in [0.2, 0.25) is 0 Å². The molecule has 0 amide bonds. The van der Waals surface area contributed by atoms with Crippen LogP contribution in [0, 0.1) is 6.92 Å². The third-order valence-corrected chi connectivity index (χ3v) is 2.97. The molecule has 2 aromatic rings. The smallest absolute Gasteiger partial charge is 0.123 e. The summed E-state index contributed by atoms with van der Waals surface area (Å²) in [6.45, 7) is 3.71. The summed E-state index contributed by atoms with van der Waals surface area (Å²) in [6.07, 6.45) is 3.73. The van der Waals surface area contributed by atoms with Crippen molar-refractivity contribution in [2.45, 2.75) is 20.0 Å². The largest absolute Gasteiger partial charge is 0.496 e. The van der Waals surface area contributed by atoms with Gasteiger partial charge in [0.25, 0.3) is 0 Å². The van der Waals surface area contributed by atoms with Crippen LogP contribution < -0.4 is 10.1 Å². The Kier molecular flexibility index (Phi) is 4.31. The maximum atomic E-state index is 5.32. The van der Waals surface area contributed by atoms with Gasteiger partial charge in [0.2, 0.25) is 0 Å². The van der Waals surface area contributed by atoms with Crippen molar-refractivity contribution in [3.05, 3.63) is 59.4 Å². The van der Waals surface area contributed by atoms with Crippen LogP contribution >= 0.6 is 0 Å². The molecular weight excluding hydrogens is 224 g/mol. The molecule has 1 heterocycles. The van der Waals surface area contributed by atoms with Gasteiger partial charge in [-0.15, -0.1) is 0 Å². The van der Waals surface area contributed by atoms with Crippen molar-refractivity contribution in [2.75, 3.05) is 7.11 Å². The number of nitrogens with one attached hydrogen (secondary N) is 1. The Labute approximate surface area is 108 Å². The minimum atomic E-state index is 0.790. The van der Waals surface area contributed by atoms with Gasteiger partial charge in [-0.2, -0.15) is 0 Å². The summed E-state index contributed by atoms with van der Waals surface area (Å²) in [4.78, 5) is 4.14. The summed E-state index contributed by atoms with van der Waals surface area (Å²) >= 11 is 0. The molecule has 0 atom stereocenters. The van der Waals surface area contributed by atoms with Gasteiger partial charge in [0.05, 0.1) is 7.11 Å². The number of benzene rings is 1. The summed E-state index contributed by atoms with van der Waals surface area (Å²) in [5.74, 6) is 0.924. The third-order valence-electron chi connectivity index (χ3n) is 2.97. The van der Waals surface area contributed by atoms with Crippen LogP contribution in [0.1, 0.15) is 16.7 Å². The molecule has 0 saturated carbocycles. The molecule has 94 valence electrons. The first kappa shape index (κ1) is 12.6. The summed E-state index contributed by atoms with van der Waals surface area (Å²) < 4.78 is 5.32. The maximum absolute atomic E-state index is 5.32. The SMILES string of the molecule is COc1ccccc1CNCc1cnccc1C. The van der Waals surface area contributed by atoms with Crippen molar-refractivity contribution < 1.29 is 4.74 Å². The Bertz CT molecular complexity index is 511. The number of aromatic nitrogens is 1. The number of methoxy groups -OCH3 is 1. The second-order valence-electron chi connectivity index (χ2n) is 4.22. The van der Waals surface area contributed by atoms with E-state index in [4.69, 9.17) is 4.74 Å². The maximum Gasteiger partial charge on any atom is 0.123 e. The summed E-state index contributed by atoms with van der Waals surface area (Å²) in [5, 5.41) is 3.41. The van der Waals surface area contributed by atoms with Crippen molar-refractivity contribution >= 4 is 0 Å². The predicted molar refractivity (Wildman–Crippen MR) is 72.5 cm³/mol. The zero-order chi connectivity index (χ0) is 12.8. The molecule has 0 spiro atoms. The lowest BCUT2D eigenvalue weighted by Gasteiger charge is -2.10. The topological polar surface area (TPSA) is 34.1 Å². The van der Waals surface area contributed by atoms with Gasteiger partial charge in [-0.1, -0.05) is 18.2 Å². The van der Waals surface area contributed by atoms with E-state index >= 15 is 0 Å². The van der Waals surface area contributed by atoms with Gasteiger partial charge < -0.3 is 10.1 Å². The molecule has 1 N–H and O–H groups in total. The monoisotopic (exact) mass is 242 g/mol. The van der Waals surface area contributed by atoms with Crippen molar-refractivity contribution in [1.29, 1.82) is 0 Å². The normalized spacial score (nSPS) is 10.3.